The highest BCUT2D eigenvalue weighted by molar-refractivity contribution is 5.44. The van der Waals surface area contributed by atoms with Crippen LogP contribution in [-0.2, 0) is 19.4 Å². The largest absolute Gasteiger partial charge is 0.376 e. The molecule has 0 fully saturated rings. The van der Waals surface area contributed by atoms with Crippen LogP contribution in [0.3, 0.4) is 0 Å². The molecule has 0 unspecified atom stereocenters. The molecule has 0 saturated heterocycles. The third-order valence-corrected chi connectivity index (χ3v) is 2.91. The molecule has 2 rings (SSSR count). The highest BCUT2D eigenvalue weighted by Gasteiger charge is 2.07. The van der Waals surface area contributed by atoms with Crippen LogP contribution in [0.1, 0.15) is 38.0 Å². The monoisotopic (exact) mass is 259 g/mol. The summed E-state index contributed by atoms with van der Waals surface area (Å²) in [6.45, 7) is 7.00. The van der Waals surface area contributed by atoms with Gasteiger partial charge in [-0.15, -0.1) is 0 Å². The van der Waals surface area contributed by atoms with Crippen LogP contribution >= 0.6 is 0 Å². The summed E-state index contributed by atoms with van der Waals surface area (Å²) >= 11 is 0. The third-order valence-electron chi connectivity index (χ3n) is 2.91. The van der Waals surface area contributed by atoms with E-state index in [0.29, 0.717) is 18.4 Å². The van der Waals surface area contributed by atoms with Crippen LogP contribution in [0.4, 0.5) is 5.69 Å². The zero-order chi connectivity index (χ0) is 13.7. The fourth-order valence-corrected chi connectivity index (χ4v) is 1.85. The highest BCUT2D eigenvalue weighted by atomic mass is 16.5. The molecule has 1 aromatic heterocycles. The van der Waals surface area contributed by atoms with E-state index in [4.69, 9.17) is 4.52 Å². The van der Waals surface area contributed by atoms with E-state index in [1.165, 1.54) is 5.56 Å². The van der Waals surface area contributed by atoms with E-state index in [0.717, 1.165) is 24.4 Å². The molecule has 0 aliphatic heterocycles. The molecule has 0 aliphatic carbocycles. The predicted octanol–water partition coefficient (Wildman–Crippen LogP) is 3.44. The van der Waals surface area contributed by atoms with E-state index in [9.17, 15) is 0 Å². The van der Waals surface area contributed by atoms with Crippen molar-refractivity contribution in [3.63, 3.8) is 0 Å². The summed E-state index contributed by atoms with van der Waals surface area (Å²) in [6, 6.07) is 8.40. The molecule has 4 nitrogen and oxygen atoms in total. The molecule has 4 heteroatoms. The maximum Gasteiger partial charge on any atom is 0.245 e. The van der Waals surface area contributed by atoms with Crippen molar-refractivity contribution in [2.75, 3.05) is 5.32 Å². The lowest BCUT2D eigenvalue weighted by molar-refractivity contribution is 0.375. The standard InChI is InChI=1S/C15H21N3O/c1-4-12-5-7-13(8-6-12)16-10-15-17-14(18-19-15)9-11(2)3/h5-8,11,16H,4,9-10H2,1-3H3. The molecule has 0 atom stereocenters. The Bertz CT molecular complexity index is 502. The van der Waals surface area contributed by atoms with E-state index in [1.807, 2.05) is 0 Å². The van der Waals surface area contributed by atoms with Gasteiger partial charge >= 0.3 is 0 Å². The van der Waals surface area contributed by atoms with Gasteiger partial charge in [-0.2, -0.15) is 4.98 Å². The van der Waals surface area contributed by atoms with Crippen molar-refractivity contribution < 1.29 is 4.52 Å². The van der Waals surface area contributed by atoms with Crippen molar-refractivity contribution in [2.45, 2.75) is 40.2 Å². The number of nitrogens with one attached hydrogen (secondary N) is 1. The third kappa shape index (κ3) is 4.09. The number of aromatic nitrogens is 2. The van der Waals surface area contributed by atoms with Gasteiger partial charge in [0.05, 0.1) is 6.54 Å². The van der Waals surface area contributed by atoms with Gasteiger partial charge in [-0.05, 0) is 30.0 Å². The lowest BCUT2D eigenvalue weighted by Gasteiger charge is -2.04. The molecule has 0 saturated carbocycles. The molecule has 0 aliphatic rings. The number of anilines is 1. The Hall–Kier alpha value is -1.84. The van der Waals surface area contributed by atoms with Gasteiger partial charge in [0.25, 0.3) is 0 Å². The minimum absolute atomic E-state index is 0.542. The molecular formula is C15H21N3O. The van der Waals surface area contributed by atoms with Gasteiger partial charge in [0, 0.05) is 12.1 Å². The first-order valence-electron chi connectivity index (χ1n) is 6.81. The van der Waals surface area contributed by atoms with Crippen LogP contribution in [0.25, 0.3) is 0 Å². The SMILES string of the molecule is CCc1ccc(NCc2nc(CC(C)C)no2)cc1. The quantitative estimate of drug-likeness (QED) is 0.863. The van der Waals surface area contributed by atoms with Crippen molar-refractivity contribution in [1.82, 2.24) is 10.1 Å². The molecule has 1 N–H and O–H groups in total. The second-order valence-electron chi connectivity index (χ2n) is 5.11. The van der Waals surface area contributed by atoms with Crippen molar-refractivity contribution in [3.8, 4) is 0 Å². The molecule has 2 aromatic rings. The number of rotatable bonds is 6. The zero-order valence-electron chi connectivity index (χ0n) is 11.8. The summed E-state index contributed by atoms with van der Waals surface area (Å²) in [5.41, 5.74) is 2.41. The number of nitrogens with zero attached hydrogens (tertiary/aromatic N) is 2. The molecule has 0 radical (unpaired) electrons. The maximum absolute atomic E-state index is 5.21. The number of hydrogen-bond acceptors (Lipinski definition) is 4. The first kappa shape index (κ1) is 13.6. The van der Waals surface area contributed by atoms with E-state index in [-0.39, 0.29) is 0 Å². The molecular weight excluding hydrogens is 238 g/mol. The predicted molar refractivity (Wildman–Crippen MR) is 76.0 cm³/mol. The highest BCUT2D eigenvalue weighted by Crippen LogP contribution is 2.11. The van der Waals surface area contributed by atoms with Crippen LogP contribution < -0.4 is 5.32 Å². The molecule has 0 bridgehead atoms. The van der Waals surface area contributed by atoms with Gasteiger partial charge in [0.2, 0.25) is 5.89 Å². The summed E-state index contributed by atoms with van der Waals surface area (Å²) in [6.07, 6.45) is 1.91. The summed E-state index contributed by atoms with van der Waals surface area (Å²) in [7, 11) is 0. The van der Waals surface area contributed by atoms with Gasteiger partial charge in [-0.3, -0.25) is 0 Å². The lowest BCUT2D eigenvalue weighted by Crippen LogP contribution is -2.01. The Balaban J connectivity index is 1.89. The summed E-state index contributed by atoms with van der Waals surface area (Å²) in [5.74, 6) is 1.96. The molecule has 1 aromatic carbocycles. The van der Waals surface area contributed by atoms with Gasteiger partial charge < -0.3 is 9.84 Å². The summed E-state index contributed by atoms with van der Waals surface area (Å²) in [5, 5.41) is 7.25. The Morgan fingerprint density at radius 3 is 2.58 bits per heavy atom. The Morgan fingerprint density at radius 1 is 1.21 bits per heavy atom. The number of benzene rings is 1. The van der Waals surface area contributed by atoms with E-state index >= 15 is 0 Å². The van der Waals surface area contributed by atoms with Crippen LogP contribution in [0.15, 0.2) is 28.8 Å². The van der Waals surface area contributed by atoms with E-state index in [2.05, 4.69) is 60.5 Å². The average molecular weight is 259 g/mol. The normalized spacial score (nSPS) is 10.9. The van der Waals surface area contributed by atoms with Crippen LogP contribution in [0.5, 0.6) is 0 Å². The Morgan fingerprint density at radius 2 is 1.95 bits per heavy atom. The zero-order valence-corrected chi connectivity index (χ0v) is 11.8. The molecule has 1 heterocycles. The van der Waals surface area contributed by atoms with Gasteiger partial charge in [-0.25, -0.2) is 0 Å². The number of hydrogen-bond donors (Lipinski definition) is 1. The minimum atomic E-state index is 0.542. The van der Waals surface area contributed by atoms with Crippen molar-refractivity contribution in [3.05, 3.63) is 41.5 Å². The summed E-state index contributed by atoms with van der Waals surface area (Å²) < 4.78 is 5.21. The van der Waals surface area contributed by atoms with Crippen molar-refractivity contribution in [1.29, 1.82) is 0 Å². The van der Waals surface area contributed by atoms with Crippen LogP contribution in [0, 0.1) is 5.92 Å². The van der Waals surface area contributed by atoms with Gasteiger partial charge in [0.1, 0.15) is 0 Å². The molecule has 102 valence electrons. The first-order chi connectivity index (χ1) is 9.17. The van der Waals surface area contributed by atoms with E-state index in [1.54, 1.807) is 0 Å². The lowest BCUT2D eigenvalue weighted by atomic mass is 10.1. The topological polar surface area (TPSA) is 51.0 Å². The smallest absolute Gasteiger partial charge is 0.245 e. The van der Waals surface area contributed by atoms with Gasteiger partial charge in [0.15, 0.2) is 5.82 Å². The van der Waals surface area contributed by atoms with Gasteiger partial charge in [-0.1, -0.05) is 38.1 Å². The van der Waals surface area contributed by atoms with Crippen molar-refractivity contribution >= 4 is 5.69 Å². The van der Waals surface area contributed by atoms with Crippen LogP contribution in [-0.4, -0.2) is 10.1 Å². The summed E-state index contributed by atoms with van der Waals surface area (Å²) in [4.78, 5) is 4.36. The van der Waals surface area contributed by atoms with Crippen molar-refractivity contribution in [2.24, 2.45) is 5.92 Å². The Labute approximate surface area is 114 Å². The fraction of sp³-hybridized carbons (Fsp3) is 0.467. The Kier molecular flexibility index (Phi) is 4.55. The molecule has 0 spiro atoms. The fourth-order valence-electron chi connectivity index (χ4n) is 1.85. The second-order valence-corrected chi connectivity index (χ2v) is 5.11. The average Bonchev–Trinajstić information content (AvgIpc) is 2.84. The first-order valence-corrected chi connectivity index (χ1v) is 6.81. The maximum atomic E-state index is 5.21. The number of aryl methyl sites for hydroxylation is 1. The van der Waals surface area contributed by atoms with E-state index < -0.39 is 0 Å². The second kappa shape index (κ2) is 6.36. The minimum Gasteiger partial charge on any atom is -0.376 e. The molecule has 19 heavy (non-hydrogen) atoms. The molecule has 0 amide bonds. The van der Waals surface area contributed by atoms with Crippen LogP contribution in [0.2, 0.25) is 0 Å².